The van der Waals surface area contributed by atoms with Crippen LogP contribution < -0.4 is 5.73 Å². The summed E-state index contributed by atoms with van der Waals surface area (Å²) in [6.45, 7) is 7.45. The molecule has 14 heavy (non-hydrogen) atoms. The van der Waals surface area contributed by atoms with E-state index in [2.05, 4.69) is 18.1 Å². The van der Waals surface area contributed by atoms with E-state index in [1.165, 1.54) is 0 Å². The van der Waals surface area contributed by atoms with Gasteiger partial charge in [-0.15, -0.1) is 13.2 Å². The molecule has 0 amide bonds. The smallest absolute Gasteiger partial charge is 0.0480 e. The first-order valence-corrected chi connectivity index (χ1v) is 4.64. The van der Waals surface area contributed by atoms with Crippen LogP contribution in [0.2, 0.25) is 0 Å². The van der Waals surface area contributed by atoms with Gasteiger partial charge in [-0.25, -0.2) is 0 Å². The van der Waals surface area contributed by atoms with E-state index in [4.69, 9.17) is 5.73 Å². The van der Waals surface area contributed by atoms with Crippen LogP contribution >= 0.6 is 0 Å². The van der Waals surface area contributed by atoms with Crippen molar-refractivity contribution in [2.45, 2.75) is 18.4 Å². The third-order valence-electron chi connectivity index (χ3n) is 2.27. The zero-order chi connectivity index (χ0) is 10.4. The Morgan fingerprint density at radius 1 is 1.21 bits per heavy atom. The van der Waals surface area contributed by atoms with Crippen LogP contribution in [0, 0.1) is 0 Å². The Bertz CT molecular complexity index is 293. The molecule has 2 nitrogen and oxygen atoms in total. The lowest BCUT2D eigenvalue weighted by molar-refractivity contribution is 0.456. The summed E-state index contributed by atoms with van der Waals surface area (Å²) in [5.74, 6) is 0. The maximum atomic E-state index is 6.27. The molecule has 0 radical (unpaired) electrons. The largest absolute Gasteiger partial charge is 0.321 e. The average molecular weight is 188 g/mol. The standard InChI is InChI=1S/C12H16N2/c1-3-7-12(13,8-4-2)11-5-9-14-10-6-11/h3-6,9-10H,1-2,7-8,13H2. The molecular formula is C12H16N2. The van der Waals surface area contributed by atoms with E-state index >= 15 is 0 Å². The van der Waals surface area contributed by atoms with Crippen LogP contribution in [0.1, 0.15) is 18.4 Å². The Hall–Kier alpha value is -1.41. The van der Waals surface area contributed by atoms with Gasteiger partial charge in [0.1, 0.15) is 0 Å². The summed E-state index contributed by atoms with van der Waals surface area (Å²) in [4.78, 5) is 3.97. The number of pyridine rings is 1. The first-order chi connectivity index (χ1) is 6.73. The van der Waals surface area contributed by atoms with Crippen molar-refractivity contribution in [3.63, 3.8) is 0 Å². The van der Waals surface area contributed by atoms with E-state index in [0.717, 1.165) is 18.4 Å². The van der Waals surface area contributed by atoms with E-state index < -0.39 is 0 Å². The van der Waals surface area contributed by atoms with Gasteiger partial charge in [-0.3, -0.25) is 4.98 Å². The minimum absolute atomic E-state index is 0.382. The predicted molar refractivity (Wildman–Crippen MR) is 59.7 cm³/mol. The maximum Gasteiger partial charge on any atom is 0.0480 e. The molecule has 1 aromatic heterocycles. The van der Waals surface area contributed by atoms with Gasteiger partial charge in [0.25, 0.3) is 0 Å². The highest BCUT2D eigenvalue weighted by atomic mass is 14.7. The van der Waals surface area contributed by atoms with E-state index in [1.807, 2.05) is 24.3 Å². The Balaban J connectivity index is 2.98. The van der Waals surface area contributed by atoms with Crippen molar-refractivity contribution in [3.05, 3.63) is 55.4 Å². The van der Waals surface area contributed by atoms with Gasteiger partial charge in [0.2, 0.25) is 0 Å². The van der Waals surface area contributed by atoms with Gasteiger partial charge in [0, 0.05) is 17.9 Å². The summed E-state index contributed by atoms with van der Waals surface area (Å²) in [6, 6.07) is 3.88. The maximum absolute atomic E-state index is 6.27. The summed E-state index contributed by atoms with van der Waals surface area (Å²) in [5.41, 5.74) is 6.96. The van der Waals surface area contributed by atoms with Gasteiger partial charge in [0.15, 0.2) is 0 Å². The lowest BCUT2D eigenvalue weighted by Crippen LogP contribution is -2.35. The fourth-order valence-corrected chi connectivity index (χ4v) is 1.52. The zero-order valence-electron chi connectivity index (χ0n) is 8.32. The van der Waals surface area contributed by atoms with Gasteiger partial charge in [0.05, 0.1) is 0 Å². The second-order valence-electron chi connectivity index (χ2n) is 3.38. The molecule has 0 aromatic carbocycles. The molecule has 0 aliphatic carbocycles. The van der Waals surface area contributed by atoms with E-state index in [1.54, 1.807) is 12.4 Å². The van der Waals surface area contributed by atoms with Gasteiger partial charge < -0.3 is 5.73 Å². The van der Waals surface area contributed by atoms with Crippen LogP contribution in [-0.4, -0.2) is 4.98 Å². The van der Waals surface area contributed by atoms with E-state index in [0.29, 0.717) is 0 Å². The van der Waals surface area contributed by atoms with Gasteiger partial charge >= 0.3 is 0 Å². The highest BCUT2D eigenvalue weighted by molar-refractivity contribution is 5.23. The highest BCUT2D eigenvalue weighted by Gasteiger charge is 2.23. The summed E-state index contributed by atoms with van der Waals surface area (Å²) >= 11 is 0. The van der Waals surface area contributed by atoms with Crippen molar-refractivity contribution in [2.75, 3.05) is 0 Å². The molecular weight excluding hydrogens is 172 g/mol. The Morgan fingerprint density at radius 2 is 1.71 bits per heavy atom. The van der Waals surface area contributed by atoms with E-state index in [9.17, 15) is 0 Å². The summed E-state index contributed by atoms with van der Waals surface area (Å²) in [5, 5.41) is 0. The van der Waals surface area contributed by atoms with Gasteiger partial charge in [-0.05, 0) is 30.5 Å². The number of hydrogen-bond donors (Lipinski definition) is 1. The second kappa shape index (κ2) is 4.72. The Labute approximate surface area is 85.2 Å². The molecule has 1 aromatic rings. The molecule has 0 aliphatic rings. The number of aromatic nitrogens is 1. The summed E-state index contributed by atoms with van der Waals surface area (Å²) in [6.07, 6.45) is 8.66. The lowest BCUT2D eigenvalue weighted by Gasteiger charge is -2.27. The second-order valence-corrected chi connectivity index (χ2v) is 3.38. The minimum atomic E-state index is -0.382. The molecule has 0 fully saturated rings. The third kappa shape index (κ3) is 2.30. The molecule has 74 valence electrons. The van der Waals surface area contributed by atoms with Crippen LogP contribution in [0.15, 0.2) is 49.8 Å². The molecule has 2 heteroatoms. The SMILES string of the molecule is C=CCC(N)(CC=C)c1ccncc1. The lowest BCUT2D eigenvalue weighted by atomic mass is 9.85. The molecule has 1 heterocycles. The normalized spacial score (nSPS) is 10.9. The molecule has 2 N–H and O–H groups in total. The number of nitrogens with zero attached hydrogens (tertiary/aromatic N) is 1. The number of nitrogens with two attached hydrogens (primary N) is 1. The van der Waals surface area contributed by atoms with Crippen molar-refractivity contribution >= 4 is 0 Å². The van der Waals surface area contributed by atoms with Crippen molar-refractivity contribution in [3.8, 4) is 0 Å². The number of rotatable bonds is 5. The molecule has 1 rings (SSSR count). The van der Waals surface area contributed by atoms with Crippen LogP contribution in [0.5, 0.6) is 0 Å². The average Bonchev–Trinajstić information content (AvgIpc) is 2.20. The fraction of sp³-hybridized carbons (Fsp3) is 0.250. The Morgan fingerprint density at radius 3 is 2.14 bits per heavy atom. The highest BCUT2D eigenvalue weighted by Crippen LogP contribution is 2.26. The predicted octanol–water partition coefficient (Wildman–Crippen LogP) is 2.39. The molecule has 0 saturated heterocycles. The molecule has 0 bridgehead atoms. The molecule has 0 saturated carbocycles. The zero-order valence-corrected chi connectivity index (χ0v) is 8.32. The summed E-state index contributed by atoms with van der Waals surface area (Å²) in [7, 11) is 0. The van der Waals surface area contributed by atoms with Crippen LogP contribution in [-0.2, 0) is 5.54 Å². The first-order valence-electron chi connectivity index (χ1n) is 4.64. The first kappa shape index (κ1) is 10.7. The minimum Gasteiger partial charge on any atom is -0.321 e. The Kier molecular flexibility index (Phi) is 3.60. The van der Waals surface area contributed by atoms with Crippen molar-refractivity contribution in [1.82, 2.24) is 4.98 Å². The van der Waals surface area contributed by atoms with Crippen LogP contribution in [0.4, 0.5) is 0 Å². The molecule has 0 unspecified atom stereocenters. The molecule has 0 aliphatic heterocycles. The van der Waals surface area contributed by atoms with Crippen molar-refractivity contribution in [1.29, 1.82) is 0 Å². The van der Waals surface area contributed by atoms with Gasteiger partial charge in [-0.1, -0.05) is 12.2 Å². The third-order valence-corrected chi connectivity index (χ3v) is 2.27. The topological polar surface area (TPSA) is 38.9 Å². The van der Waals surface area contributed by atoms with Crippen molar-refractivity contribution in [2.24, 2.45) is 5.73 Å². The monoisotopic (exact) mass is 188 g/mol. The summed E-state index contributed by atoms with van der Waals surface area (Å²) < 4.78 is 0. The van der Waals surface area contributed by atoms with Gasteiger partial charge in [-0.2, -0.15) is 0 Å². The molecule has 0 atom stereocenters. The van der Waals surface area contributed by atoms with Crippen molar-refractivity contribution < 1.29 is 0 Å². The molecule has 0 spiro atoms. The quantitative estimate of drug-likeness (QED) is 0.720. The number of hydrogen-bond acceptors (Lipinski definition) is 2. The fourth-order valence-electron chi connectivity index (χ4n) is 1.52. The van der Waals surface area contributed by atoms with Crippen LogP contribution in [0.25, 0.3) is 0 Å². The van der Waals surface area contributed by atoms with E-state index in [-0.39, 0.29) is 5.54 Å². The van der Waals surface area contributed by atoms with Crippen LogP contribution in [0.3, 0.4) is 0 Å².